The first kappa shape index (κ1) is 21.4. The summed E-state index contributed by atoms with van der Waals surface area (Å²) in [5.41, 5.74) is 6.35. The Balaban J connectivity index is 1.77. The topological polar surface area (TPSA) is 53.8 Å². The van der Waals surface area contributed by atoms with E-state index in [1.165, 1.54) is 11.1 Å². The molecule has 1 heterocycles. The molecule has 1 aliphatic heterocycles. The van der Waals surface area contributed by atoms with Crippen LogP contribution in [0.2, 0.25) is 5.02 Å². The number of nitrogens with zero attached hydrogens (tertiary/aromatic N) is 1. The summed E-state index contributed by atoms with van der Waals surface area (Å²) < 4.78 is 5.61. The van der Waals surface area contributed by atoms with Crippen LogP contribution in [0.1, 0.15) is 53.4 Å². The van der Waals surface area contributed by atoms with E-state index in [-0.39, 0.29) is 18.0 Å². The molecule has 4 rings (SSSR count). The molecule has 0 saturated heterocycles. The predicted molar refractivity (Wildman–Crippen MR) is 126 cm³/mol. The van der Waals surface area contributed by atoms with E-state index >= 15 is 0 Å². The zero-order valence-electron chi connectivity index (χ0n) is 18.0. The molecule has 0 radical (unpaired) electrons. The van der Waals surface area contributed by atoms with Gasteiger partial charge in [-0.3, -0.25) is 10.3 Å². The van der Waals surface area contributed by atoms with Gasteiger partial charge in [0.1, 0.15) is 6.17 Å². The highest BCUT2D eigenvalue weighted by Crippen LogP contribution is 2.39. The molecule has 3 aromatic carbocycles. The van der Waals surface area contributed by atoms with Crippen molar-refractivity contribution < 1.29 is 9.84 Å². The fraction of sp³-hybridized carbons (Fsp3) is 0.269. The summed E-state index contributed by atoms with van der Waals surface area (Å²) in [6.45, 7) is 6.61. The Morgan fingerprint density at radius 1 is 1.06 bits per heavy atom. The number of hydrogen-bond acceptors (Lipinski definition) is 4. The Morgan fingerprint density at radius 3 is 2.55 bits per heavy atom. The van der Waals surface area contributed by atoms with Gasteiger partial charge in [0.2, 0.25) is 0 Å². The Bertz CT molecular complexity index is 1110. The van der Waals surface area contributed by atoms with Crippen LogP contribution >= 0.6 is 11.6 Å². The summed E-state index contributed by atoms with van der Waals surface area (Å²) in [6.07, 6.45) is 0.423. The predicted octanol–water partition coefficient (Wildman–Crippen LogP) is 6.28. The van der Waals surface area contributed by atoms with Crippen LogP contribution in [0.5, 0.6) is 11.5 Å². The molecule has 0 aliphatic carbocycles. The van der Waals surface area contributed by atoms with Gasteiger partial charge in [-0.25, -0.2) is 0 Å². The number of hydrogen-bond donors (Lipinski definition) is 2. The zero-order chi connectivity index (χ0) is 22.0. The zero-order valence-corrected chi connectivity index (χ0v) is 18.8. The molecule has 0 fully saturated rings. The normalized spacial score (nSPS) is 18.5. The number of aromatic hydroxyl groups is 1. The molecule has 160 valence electrons. The van der Waals surface area contributed by atoms with Crippen molar-refractivity contribution in [3.63, 3.8) is 0 Å². The standard InChI is InChI=1S/C26H27ClN2O2/c1-4-31-24-7-5-6-21(25(24)30)23-15-22(18-9-11-19(27)12-10-18)28-26(29-23)20-13-8-16(2)14-17(20)3/h5-14,23,26,29-30H,4,15H2,1-3H3. The van der Waals surface area contributed by atoms with E-state index in [0.29, 0.717) is 23.8 Å². The van der Waals surface area contributed by atoms with Gasteiger partial charge in [0.25, 0.3) is 0 Å². The Hall–Kier alpha value is -2.82. The van der Waals surface area contributed by atoms with Crippen molar-refractivity contribution >= 4 is 17.3 Å². The van der Waals surface area contributed by atoms with Crippen molar-refractivity contribution in [2.24, 2.45) is 4.99 Å². The summed E-state index contributed by atoms with van der Waals surface area (Å²) >= 11 is 6.10. The van der Waals surface area contributed by atoms with E-state index < -0.39 is 0 Å². The van der Waals surface area contributed by atoms with Crippen molar-refractivity contribution in [3.05, 3.63) is 93.5 Å². The molecule has 4 nitrogen and oxygen atoms in total. The van der Waals surface area contributed by atoms with Crippen molar-refractivity contribution in [2.45, 2.75) is 39.4 Å². The van der Waals surface area contributed by atoms with Crippen molar-refractivity contribution in [1.29, 1.82) is 0 Å². The van der Waals surface area contributed by atoms with E-state index in [9.17, 15) is 5.11 Å². The fourth-order valence-corrected chi connectivity index (χ4v) is 4.23. The molecule has 2 N–H and O–H groups in total. The summed E-state index contributed by atoms with van der Waals surface area (Å²) in [4.78, 5) is 5.06. The second kappa shape index (κ2) is 9.13. The van der Waals surface area contributed by atoms with Gasteiger partial charge in [0.05, 0.1) is 6.61 Å². The van der Waals surface area contributed by atoms with E-state index in [1.807, 2.05) is 43.3 Å². The number of aliphatic imine (C=N–C) groups is 1. The highest BCUT2D eigenvalue weighted by Gasteiger charge is 2.29. The highest BCUT2D eigenvalue weighted by molar-refractivity contribution is 6.30. The molecular weight excluding hydrogens is 408 g/mol. The maximum atomic E-state index is 10.9. The van der Waals surface area contributed by atoms with Crippen LogP contribution in [0, 0.1) is 13.8 Å². The third-order valence-corrected chi connectivity index (χ3v) is 5.90. The van der Waals surface area contributed by atoms with Gasteiger partial charge >= 0.3 is 0 Å². The van der Waals surface area contributed by atoms with Crippen LogP contribution in [0.15, 0.2) is 65.7 Å². The quantitative estimate of drug-likeness (QED) is 0.496. The number of ether oxygens (including phenoxy) is 1. The molecule has 0 amide bonds. The van der Waals surface area contributed by atoms with Gasteiger partial charge in [-0.05, 0) is 55.7 Å². The molecule has 2 unspecified atom stereocenters. The minimum atomic E-state index is -0.222. The largest absolute Gasteiger partial charge is 0.504 e. The number of nitrogens with one attached hydrogen (secondary N) is 1. The Morgan fingerprint density at radius 2 is 1.84 bits per heavy atom. The van der Waals surface area contributed by atoms with Crippen LogP contribution in [0.25, 0.3) is 0 Å². The van der Waals surface area contributed by atoms with E-state index in [0.717, 1.165) is 22.4 Å². The third kappa shape index (κ3) is 4.60. The number of halogens is 1. The summed E-state index contributed by atoms with van der Waals surface area (Å²) in [5, 5.41) is 15.2. The first-order valence-corrected chi connectivity index (χ1v) is 10.9. The first-order chi connectivity index (χ1) is 15.0. The maximum absolute atomic E-state index is 10.9. The lowest BCUT2D eigenvalue weighted by Gasteiger charge is -2.32. The van der Waals surface area contributed by atoms with Gasteiger partial charge < -0.3 is 9.84 Å². The molecule has 0 aromatic heterocycles. The minimum Gasteiger partial charge on any atom is -0.504 e. The van der Waals surface area contributed by atoms with Gasteiger partial charge in [0.15, 0.2) is 11.5 Å². The van der Waals surface area contributed by atoms with Gasteiger partial charge in [-0.15, -0.1) is 0 Å². The monoisotopic (exact) mass is 434 g/mol. The molecule has 1 aliphatic rings. The van der Waals surface area contributed by atoms with Crippen LogP contribution in [-0.2, 0) is 0 Å². The van der Waals surface area contributed by atoms with Gasteiger partial charge in [-0.2, -0.15) is 0 Å². The molecule has 0 spiro atoms. The van der Waals surface area contributed by atoms with E-state index in [4.69, 9.17) is 21.3 Å². The van der Waals surface area contributed by atoms with E-state index in [1.54, 1.807) is 6.07 Å². The van der Waals surface area contributed by atoms with Gasteiger partial charge in [0, 0.05) is 28.8 Å². The number of phenols is 1. The SMILES string of the molecule is CCOc1cccc(C2CC(c3ccc(Cl)cc3)=NC(c3ccc(C)cc3C)N2)c1O. The van der Waals surface area contributed by atoms with Crippen molar-refractivity contribution in [1.82, 2.24) is 5.32 Å². The summed E-state index contributed by atoms with van der Waals surface area (Å²) in [7, 11) is 0. The molecule has 3 aromatic rings. The van der Waals surface area contributed by atoms with Crippen LogP contribution < -0.4 is 10.1 Å². The lowest BCUT2D eigenvalue weighted by atomic mass is 9.92. The number of para-hydroxylation sites is 1. The summed E-state index contributed by atoms with van der Waals surface area (Å²) in [6, 6.07) is 19.7. The first-order valence-electron chi connectivity index (χ1n) is 10.6. The second-order valence-electron chi connectivity index (χ2n) is 7.90. The van der Waals surface area contributed by atoms with E-state index in [2.05, 4.69) is 37.4 Å². The Kier molecular flexibility index (Phi) is 6.30. The number of aryl methyl sites for hydroxylation is 2. The molecule has 31 heavy (non-hydrogen) atoms. The highest BCUT2D eigenvalue weighted by atomic mass is 35.5. The Labute approximate surface area is 188 Å². The average Bonchev–Trinajstić information content (AvgIpc) is 2.75. The lowest BCUT2D eigenvalue weighted by molar-refractivity contribution is 0.313. The minimum absolute atomic E-state index is 0.116. The smallest absolute Gasteiger partial charge is 0.162 e. The lowest BCUT2D eigenvalue weighted by Crippen LogP contribution is -2.33. The maximum Gasteiger partial charge on any atom is 0.162 e. The molecule has 0 bridgehead atoms. The summed E-state index contributed by atoms with van der Waals surface area (Å²) in [5.74, 6) is 0.680. The average molecular weight is 435 g/mol. The number of rotatable bonds is 5. The van der Waals surface area contributed by atoms with Crippen LogP contribution in [0.3, 0.4) is 0 Å². The van der Waals surface area contributed by atoms with Gasteiger partial charge in [-0.1, -0.05) is 59.6 Å². The molecular formula is C26H27ClN2O2. The molecule has 5 heteroatoms. The fourth-order valence-electron chi connectivity index (χ4n) is 4.11. The van der Waals surface area contributed by atoms with Crippen molar-refractivity contribution in [2.75, 3.05) is 6.61 Å². The van der Waals surface area contributed by atoms with Crippen molar-refractivity contribution in [3.8, 4) is 11.5 Å². The molecule has 2 atom stereocenters. The second-order valence-corrected chi connectivity index (χ2v) is 8.33. The van der Waals surface area contributed by atoms with Crippen LogP contribution in [0.4, 0.5) is 0 Å². The third-order valence-electron chi connectivity index (χ3n) is 5.64. The number of benzene rings is 3. The number of phenolic OH excluding ortho intramolecular Hbond substituents is 1. The van der Waals surface area contributed by atoms with Crippen LogP contribution in [-0.4, -0.2) is 17.4 Å². The molecule has 0 saturated carbocycles.